The molecule has 0 aliphatic carbocycles. The van der Waals surface area contributed by atoms with Gasteiger partial charge in [-0.25, -0.2) is 0 Å². The topological polar surface area (TPSA) is 21.3 Å². The van der Waals surface area contributed by atoms with Crippen molar-refractivity contribution in [3.05, 3.63) is 0 Å². The minimum absolute atomic E-state index is 0.388. The summed E-state index contributed by atoms with van der Waals surface area (Å²) in [6.45, 7) is 8.26. The first-order valence-corrected chi connectivity index (χ1v) is 7.85. The largest absolute Gasteiger partial charge is 0.362 e. The molecule has 2 aliphatic rings. The summed E-state index contributed by atoms with van der Waals surface area (Å²) >= 11 is 1.87. The maximum atomic E-state index is 6.31. The molecule has 16 heavy (non-hydrogen) atoms. The van der Waals surface area contributed by atoms with Crippen molar-refractivity contribution in [2.75, 3.05) is 12.8 Å². The molecular formula is C13H25NOS. The number of thioether (sulfide) groups is 1. The number of hydrogen-bond donors (Lipinski definition) is 1. The molecule has 0 aromatic carbocycles. The second-order valence-electron chi connectivity index (χ2n) is 5.48. The van der Waals surface area contributed by atoms with Crippen molar-refractivity contribution >= 4 is 11.8 Å². The highest BCUT2D eigenvalue weighted by Crippen LogP contribution is 2.40. The van der Waals surface area contributed by atoms with Crippen molar-refractivity contribution in [1.82, 2.24) is 5.32 Å². The second-order valence-corrected chi connectivity index (χ2v) is 6.42. The van der Waals surface area contributed by atoms with Crippen LogP contribution in [-0.2, 0) is 4.74 Å². The number of hydrogen-bond acceptors (Lipinski definition) is 3. The quantitative estimate of drug-likeness (QED) is 0.806. The molecule has 2 heterocycles. The van der Waals surface area contributed by atoms with Crippen LogP contribution >= 0.6 is 11.8 Å². The molecule has 0 amide bonds. The second kappa shape index (κ2) is 5.28. The molecule has 2 rings (SSSR count). The van der Waals surface area contributed by atoms with Crippen molar-refractivity contribution in [2.45, 2.75) is 51.2 Å². The van der Waals surface area contributed by atoms with Crippen LogP contribution in [0.15, 0.2) is 0 Å². The van der Waals surface area contributed by atoms with Crippen molar-refractivity contribution in [2.24, 2.45) is 17.8 Å². The molecule has 0 radical (unpaired) electrons. The molecule has 0 spiro atoms. The summed E-state index contributed by atoms with van der Waals surface area (Å²) in [5.41, 5.74) is 0.388. The smallest absolute Gasteiger partial charge is 0.106 e. The lowest BCUT2D eigenvalue weighted by Gasteiger charge is -2.45. The average molecular weight is 243 g/mol. The first kappa shape index (κ1) is 12.7. The van der Waals surface area contributed by atoms with E-state index in [1.807, 2.05) is 11.8 Å². The van der Waals surface area contributed by atoms with Gasteiger partial charge >= 0.3 is 0 Å². The Bertz CT molecular complexity index is 228. The highest BCUT2D eigenvalue weighted by atomic mass is 32.2. The van der Waals surface area contributed by atoms with Crippen LogP contribution in [0.25, 0.3) is 0 Å². The number of nitrogens with one attached hydrogen (secondary N) is 1. The Balaban J connectivity index is 2.06. The van der Waals surface area contributed by atoms with Gasteiger partial charge < -0.3 is 10.1 Å². The Morgan fingerprint density at radius 3 is 2.44 bits per heavy atom. The van der Waals surface area contributed by atoms with Crippen molar-refractivity contribution in [3.63, 3.8) is 0 Å². The highest BCUT2D eigenvalue weighted by molar-refractivity contribution is 7.99. The van der Waals surface area contributed by atoms with E-state index in [1.54, 1.807) is 0 Å². The third kappa shape index (κ3) is 2.27. The van der Waals surface area contributed by atoms with Gasteiger partial charge in [0.15, 0.2) is 0 Å². The van der Waals surface area contributed by atoms with Gasteiger partial charge in [0.1, 0.15) is 5.44 Å². The van der Waals surface area contributed by atoms with Crippen molar-refractivity contribution < 1.29 is 4.74 Å². The Hall–Kier alpha value is 0.270. The summed E-state index contributed by atoms with van der Waals surface area (Å²) in [5.74, 6) is 2.11. The molecule has 94 valence electrons. The Morgan fingerprint density at radius 1 is 1.12 bits per heavy atom. The van der Waals surface area contributed by atoms with E-state index >= 15 is 0 Å². The average Bonchev–Trinajstić information content (AvgIpc) is 2.80. The van der Waals surface area contributed by atoms with Crippen LogP contribution in [-0.4, -0.2) is 30.4 Å². The minimum Gasteiger partial charge on any atom is -0.362 e. The van der Waals surface area contributed by atoms with Crippen LogP contribution in [0.2, 0.25) is 0 Å². The van der Waals surface area contributed by atoms with Crippen LogP contribution < -0.4 is 5.32 Å². The van der Waals surface area contributed by atoms with Crippen molar-refractivity contribution in [3.8, 4) is 0 Å². The summed E-state index contributed by atoms with van der Waals surface area (Å²) in [6.07, 6.45) is 5.19. The van der Waals surface area contributed by atoms with E-state index in [-0.39, 0.29) is 0 Å². The molecule has 0 aromatic heterocycles. The molecule has 2 nitrogen and oxygen atoms in total. The fraction of sp³-hybridized carbons (Fsp3) is 1.00. The predicted molar refractivity (Wildman–Crippen MR) is 70.7 cm³/mol. The predicted octanol–water partition coefficient (Wildman–Crippen LogP) is 2.73. The van der Waals surface area contributed by atoms with Crippen molar-refractivity contribution in [1.29, 1.82) is 0 Å². The Morgan fingerprint density at radius 2 is 1.88 bits per heavy atom. The zero-order valence-corrected chi connectivity index (χ0v) is 11.7. The lowest BCUT2D eigenvalue weighted by Crippen LogP contribution is -2.51. The Labute approximate surface area is 104 Å². The lowest BCUT2D eigenvalue weighted by molar-refractivity contribution is -0.106. The lowest BCUT2D eigenvalue weighted by atomic mass is 9.77. The molecule has 0 bridgehead atoms. The van der Waals surface area contributed by atoms with Gasteiger partial charge in [0.05, 0.1) is 6.10 Å². The van der Waals surface area contributed by atoms with Crippen LogP contribution in [0.4, 0.5) is 0 Å². The van der Waals surface area contributed by atoms with Gasteiger partial charge in [0.2, 0.25) is 0 Å². The summed E-state index contributed by atoms with van der Waals surface area (Å²) in [6, 6.07) is 0.597. The van der Waals surface area contributed by atoms with Gasteiger partial charge in [0.25, 0.3) is 0 Å². The van der Waals surface area contributed by atoms with Gasteiger partial charge in [-0.15, -0.1) is 11.8 Å². The highest BCUT2D eigenvalue weighted by Gasteiger charge is 2.42. The van der Waals surface area contributed by atoms with E-state index in [2.05, 4.69) is 32.3 Å². The molecule has 6 atom stereocenters. The van der Waals surface area contributed by atoms with E-state index in [0.717, 1.165) is 5.92 Å². The normalized spacial score (nSPS) is 49.5. The molecule has 3 heteroatoms. The number of ether oxygens (including phenoxy) is 1. The van der Waals surface area contributed by atoms with Gasteiger partial charge in [-0.05, 0) is 43.4 Å². The van der Waals surface area contributed by atoms with E-state index in [9.17, 15) is 0 Å². The van der Waals surface area contributed by atoms with E-state index in [4.69, 9.17) is 4.74 Å². The van der Waals surface area contributed by atoms with Gasteiger partial charge in [0, 0.05) is 6.04 Å². The molecular weight excluding hydrogens is 218 g/mol. The molecule has 0 aromatic rings. The van der Waals surface area contributed by atoms with E-state index < -0.39 is 0 Å². The molecule has 2 unspecified atom stereocenters. The monoisotopic (exact) mass is 243 g/mol. The molecule has 2 saturated heterocycles. The zero-order valence-electron chi connectivity index (χ0n) is 10.9. The maximum Gasteiger partial charge on any atom is 0.106 e. The van der Waals surface area contributed by atoms with Crippen LogP contribution in [0.1, 0.15) is 33.6 Å². The SMILES string of the molecule is CSC1O[C@H]([C@H]2CCCN2)C(C)[C@@H](C)[C@H]1C. The summed E-state index contributed by atoms with van der Waals surface area (Å²) < 4.78 is 6.31. The molecule has 2 fully saturated rings. The number of rotatable bonds is 2. The molecule has 0 saturated carbocycles. The van der Waals surface area contributed by atoms with Crippen LogP contribution in [0.3, 0.4) is 0 Å². The standard InChI is InChI=1S/C13H25NOS/c1-8-9(2)12(11-6-5-7-14-11)15-13(16-4)10(8)3/h8-14H,5-7H2,1-4H3/t8-,9?,10-,11-,12+,13?/m1/s1. The third-order valence-corrected chi connectivity index (χ3v) is 5.63. The third-order valence-electron chi connectivity index (χ3n) is 4.62. The fourth-order valence-electron chi connectivity index (χ4n) is 3.15. The van der Waals surface area contributed by atoms with Gasteiger partial charge in [-0.1, -0.05) is 20.8 Å². The fourth-order valence-corrected chi connectivity index (χ4v) is 4.07. The first-order chi connectivity index (χ1) is 7.65. The zero-order chi connectivity index (χ0) is 11.7. The summed E-state index contributed by atoms with van der Waals surface area (Å²) in [5, 5.41) is 3.60. The minimum atomic E-state index is 0.388. The van der Waals surface area contributed by atoms with E-state index in [0.29, 0.717) is 29.4 Å². The van der Waals surface area contributed by atoms with Gasteiger partial charge in [-0.3, -0.25) is 0 Å². The molecule has 2 aliphatic heterocycles. The Kier molecular flexibility index (Phi) is 4.20. The van der Waals surface area contributed by atoms with Gasteiger partial charge in [-0.2, -0.15) is 0 Å². The van der Waals surface area contributed by atoms with Crippen LogP contribution in [0, 0.1) is 17.8 Å². The molecule has 1 N–H and O–H groups in total. The summed E-state index contributed by atoms with van der Waals surface area (Å²) in [4.78, 5) is 0. The van der Waals surface area contributed by atoms with E-state index in [1.165, 1.54) is 19.4 Å². The van der Waals surface area contributed by atoms with Crippen LogP contribution in [0.5, 0.6) is 0 Å². The maximum absolute atomic E-state index is 6.31. The first-order valence-electron chi connectivity index (χ1n) is 6.56. The summed E-state index contributed by atoms with van der Waals surface area (Å²) in [7, 11) is 0.